The molecule has 11 heteroatoms. The van der Waals surface area contributed by atoms with Gasteiger partial charge < -0.3 is 15.0 Å². The summed E-state index contributed by atoms with van der Waals surface area (Å²) in [5, 5.41) is 3.21. The van der Waals surface area contributed by atoms with E-state index in [-0.39, 0.29) is 29.8 Å². The number of carbonyl (C=O) groups excluding carboxylic acids is 2. The van der Waals surface area contributed by atoms with Crippen molar-refractivity contribution in [1.82, 2.24) is 10.2 Å². The molecule has 1 atom stereocenters. The van der Waals surface area contributed by atoms with Crippen molar-refractivity contribution in [3.05, 3.63) is 119 Å². The molecule has 1 N–H and O–H groups in total. The first-order valence-corrected chi connectivity index (χ1v) is 19.9. The fourth-order valence-electron chi connectivity index (χ4n) is 5.99. The lowest BCUT2D eigenvalue weighted by atomic mass is 10.0. The molecule has 0 bridgehead atoms. The second-order valence-electron chi connectivity index (χ2n) is 12.0. The fraction of sp³-hybridized carbons (Fsp3) is 0.316. The summed E-state index contributed by atoms with van der Waals surface area (Å²) in [4.78, 5) is 31.4. The van der Waals surface area contributed by atoms with Crippen LogP contribution in [0, 0.1) is 0 Å². The predicted octanol–water partition coefficient (Wildman–Crippen LogP) is 7.46. The summed E-state index contributed by atoms with van der Waals surface area (Å²) in [6.45, 7) is 1.93. The quantitative estimate of drug-likeness (QED) is 0.126. The molecule has 1 saturated carbocycles. The number of hydrogen-bond acceptors (Lipinski definition) is 6. The first-order chi connectivity index (χ1) is 23.7. The van der Waals surface area contributed by atoms with E-state index in [0.29, 0.717) is 18.0 Å². The number of amides is 2. The molecule has 0 spiro atoms. The van der Waals surface area contributed by atoms with Gasteiger partial charge in [0, 0.05) is 28.4 Å². The van der Waals surface area contributed by atoms with Crippen molar-refractivity contribution in [2.24, 2.45) is 0 Å². The van der Waals surface area contributed by atoms with Gasteiger partial charge in [0.05, 0.1) is 17.2 Å². The van der Waals surface area contributed by atoms with Crippen LogP contribution in [0.3, 0.4) is 0 Å². The van der Waals surface area contributed by atoms with E-state index in [1.165, 1.54) is 16.7 Å². The Morgan fingerprint density at radius 3 is 2.16 bits per heavy atom. The normalized spacial score (nSPS) is 13.9. The third-order valence-corrected chi connectivity index (χ3v) is 11.7. The third kappa shape index (κ3) is 9.67. The van der Waals surface area contributed by atoms with Crippen LogP contribution in [0.15, 0.2) is 117 Å². The molecule has 2 amide bonds. The third-order valence-electron chi connectivity index (χ3n) is 8.60. The van der Waals surface area contributed by atoms with Gasteiger partial charge in [-0.05, 0) is 97.8 Å². The molecule has 0 heterocycles. The Bertz CT molecular complexity index is 1780. The van der Waals surface area contributed by atoms with Gasteiger partial charge >= 0.3 is 0 Å². The topological polar surface area (TPSA) is 96.0 Å². The Balaban J connectivity index is 1.56. The number of ether oxygens (including phenoxy) is 1. The van der Waals surface area contributed by atoms with Crippen molar-refractivity contribution in [3.63, 3.8) is 0 Å². The maximum atomic E-state index is 14.7. The zero-order valence-electron chi connectivity index (χ0n) is 27.8. The molecule has 49 heavy (non-hydrogen) atoms. The second kappa shape index (κ2) is 17.2. The van der Waals surface area contributed by atoms with E-state index in [1.54, 1.807) is 48.5 Å². The van der Waals surface area contributed by atoms with Crippen molar-refractivity contribution in [1.29, 1.82) is 0 Å². The molecule has 4 aromatic carbocycles. The van der Waals surface area contributed by atoms with Crippen LogP contribution < -0.4 is 14.4 Å². The van der Waals surface area contributed by atoms with Crippen molar-refractivity contribution in [2.75, 3.05) is 23.7 Å². The van der Waals surface area contributed by atoms with Crippen LogP contribution in [0.1, 0.15) is 43.7 Å². The highest BCUT2D eigenvalue weighted by molar-refractivity contribution is 9.10. The molecular weight excluding hydrogens is 722 g/mol. The number of rotatable bonds is 15. The van der Waals surface area contributed by atoms with Crippen LogP contribution in [-0.4, -0.2) is 56.6 Å². The SMILES string of the molecule is CCOc1ccc(N(CC(=O)N(Cc2ccc(Br)cc2)C(Cc2ccccc2)C(=O)NC2CCCC2)S(=O)(=O)c2ccc(SC)cc2)cc1. The molecule has 5 rings (SSSR count). The lowest BCUT2D eigenvalue weighted by Crippen LogP contribution is -2.54. The van der Waals surface area contributed by atoms with Crippen LogP contribution in [0.4, 0.5) is 5.69 Å². The highest BCUT2D eigenvalue weighted by atomic mass is 79.9. The second-order valence-corrected chi connectivity index (χ2v) is 15.6. The Morgan fingerprint density at radius 1 is 0.898 bits per heavy atom. The maximum Gasteiger partial charge on any atom is 0.264 e. The standard InChI is InChI=1S/C38H42BrN3O5S2/c1-3-47-33-19-17-32(18-20-33)42(49(45,46)35-23-21-34(48-2)22-24-35)27-37(43)41(26-29-13-15-30(39)16-14-29)36(25-28-9-5-4-6-10-28)38(44)40-31-11-7-8-12-31/h4-6,9-10,13-24,31,36H,3,7-8,11-12,25-27H2,1-2H3,(H,40,44). The average Bonchev–Trinajstić information content (AvgIpc) is 3.63. The van der Waals surface area contributed by atoms with Crippen molar-refractivity contribution in [2.45, 2.75) is 67.4 Å². The van der Waals surface area contributed by atoms with E-state index in [2.05, 4.69) is 21.2 Å². The highest BCUT2D eigenvalue weighted by Gasteiger charge is 2.35. The minimum atomic E-state index is -4.21. The number of halogens is 1. The predicted molar refractivity (Wildman–Crippen MR) is 199 cm³/mol. The van der Waals surface area contributed by atoms with Crippen LogP contribution in [0.5, 0.6) is 5.75 Å². The summed E-state index contributed by atoms with van der Waals surface area (Å²) in [5.74, 6) is -0.157. The fourth-order valence-corrected chi connectivity index (χ4v) is 8.07. The molecule has 1 aliphatic rings. The van der Waals surface area contributed by atoms with Gasteiger partial charge in [0.25, 0.3) is 10.0 Å². The van der Waals surface area contributed by atoms with Gasteiger partial charge in [-0.3, -0.25) is 13.9 Å². The molecule has 1 unspecified atom stereocenters. The molecule has 0 saturated heterocycles. The lowest BCUT2D eigenvalue weighted by Gasteiger charge is -2.34. The number of anilines is 1. The van der Waals surface area contributed by atoms with E-state index in [1.807, 2.05) is 67.8 Å². The molecule has 0 aromatic heterocycles. The molecule has 4 aromatic rings. The van der Waals surface area contributed by atoms with Crippen molar-refractivity contribution < 1.29 is 22.7 Å². The van der Waals surface area contributed by atoms with Gasteiger partial charge in [0.15, 0.2) is 0 Å². The summed E-state index contributed by atoms with van der Waals surface area (Å²) >= 11 is 4.99. The zero-order valence-corrected chi connectivity index (χ0v) is 31.0. The number of nitrogens with zero attached hydrogens (tertiary/aromatic N) is 2. The highest BCUT2D eigenvalue weighted by Crippen LogP contribution is 2.28. The van der Waals surface area contributed by atoms with E-state index in [4.69, 9.17) is 4.74 Å². The Labute approximate surface area is 302 Å². The smallest absolute Gasteiger partial charge is 0.264 e. The molecule has 0 radical (unpaired) electrons. The number of hydrogen-bond donors (Lipinski definition) is 1. The summed E-state index contributed by atoms with van der Waals surface area (Å²) < 4.78 is 36.3. The maximum absolute atomic E-state index is 14.7. The molecule has 1 aliphatic carbocycles. The Morgan fingerprint density at radius 2 is 1.55 bits per heavy atom. The largest absolute Gasteiger partial charge is 0.494 e. The lowest BCUT2D eigenvalue weighted by molar-refractivity contribution is -0.140. The van der Waals surface area contributed by atoms with Gasteiger partial charge in [0.2, 0.25) is 11.8 Å². The number of thioether (sulfide) groups is 1. The van der Waals surface area contributed by atoms with Gasteiger partial charge in [-0.2, -0.15) is 0 Å². The van der Waals surface area contributed by atoms with E-state index in [0.717, 1.165) is 50.5 Å². The van der Waals surface area contributed by atoms with Crippen molar-refractivity contribution in [3.8, 4) is 5.75 Å². The van der Waals surface area contributed by atoms with Crippen LogP contribution >= 0.6 is 27.7 Å². The summed E-state index contributed by atoms with van der Waals surface area (Å²) in [6, 6.07) is 29.6. The summed E-state index contributed by atoms with van der Waals surface area (Å²) in [7, 11) is -4.21. The molecule has 1 fully saturated rings. The number of benzene rings is 4. The Hall–Kier alpha value is -3.80. The minimum Gasteiger partial charge on any atom is -0.494 e. The van der Waals surface area contributed by atoms with Gasteiger partial charge in [-0.25, -0.2) is 8.42 Å². The molecule has 258 valence electrons. The van der Waals surface area contributed by atoms with Gasteiger partial charge in [-0.1, -0.05) is 71.2 Å². The van der Waals surface area contributed by atoms with E-state index >= 15 is 0 Å². The molecular formula is C38H42BrN3O5S2. The monoisotopic (exact) mass is 763 g/mol. The minimum absolute atomic E-state index is 0.0420. The number of nitrogens with one attached hydrogen (secondary N) is 1. The Kier molecular flexibility index (Phi) is 12.8. The van der Waals surface area contributed by atoms with Crippen LogP contribution in [0.25, 0.3) is 0 Å². The number of sulfonamides is 1. The van der Waals surface area contributed by atoms with Crippen LogP contribution in [0.2, 0.25) is 0 Å². The first kappa shape index (κ1) is 36.5. The molecule has 0 aliphatic heterocycles. The van der Waals surface area contributed by atoms with Gasteiger partial charge in [-0.15, -0.1) is 11.8 Å². The summed E-state index contributed by atoms with van der Waals surface area (Å²) in [6.07, 6.45) is 6.06. The van der Waals surface area contributed by atoms with Crippen LogP contribution in [-0.2, 0) is 32.6 Å². The van der Waals surface area contributed by atoms with E-state index < -0.39 is 28.5 Å². The number of carbonyl (C=O) groups is 2. The van der Waals surface area contributed by atoms with Crippen molar-refractivity contribution >= 4 is 55.2 Å². The van der Waals surface area contributed by atoms with Gasteiger partial charge in [0.1, 0.15) is 18.3 Å². The first-order valence-electron chi connectivity index (χ1n) is 16.5. The van der Waals surface area contributed by atoms with E-state index in [9.17, 15) is 18.0 Å². The molecule has 8 nitrogen and oxygen atoms in total. The average molecular weight is 765 g/mol. The zero-order chi connectivity index (χ0) is 34.8. The summed E-state index contributed by atoms with van der Waals surface area (Å²) in [5.41, 5.74) is 2.02.